The van der Waals surface area contributed by atoms with Crippen LogP contribution in [0.1, 0.15) is 36.4 Å². The first-order chi connectivity index (χ1) is 9.56. The highest BCUT2D eigenvalue weighted by atomic mass is 32.1. The molecule has 0 aliphatic carbocycles. The van der Waals surface area contributed by atoms with Crippen LogP contribution in [0.25, 0.3) is 0 Å². The molecule has 1 unspecified atom stereocenters. The van der Waals surface area contributed by atoms with Crippen molar-refractivity contribution < 1.29 is 13.5 Å². The van der Waals surface area contributed by atoms with Gasteiger partial charge in [0.15, 0.2) is 0 Å². The van der Waals surface area contributed by atoms with Gasteiger partial charge in [0.2, 0.25) is 0 Å². The minimum Gasteiger partial charge on any atom is -0.435 e. The zero-order valence-corrected chi connectivity index (χ0v) is 12.2. The first-order valence-electron chi connectivity index (χ1n) is 6.40. The fourth-order valence-corrected chi connectivity index (χ4v) is 2.77. The fraction of sp³-hybridized carbons (Fsp3) is 0.333. The molecule has 2 atom stereocenters. The second kappa shape index (κ2) is 6.81. The number of rotatable bonds is 6. The molecule has 0 saturated heterocycles. The number of ether oxygens (including phenoxy) is 1. The molecule has 108 valence electrons. The van der Waals surface area contributed by atoms with Gasteiger partial charge in [0.25, 0.3) is 0 Å². The molecule has 20 heavy (non-hydrogen) atoms. The van der Waals surface area contributed by atoms with Gasteiger partial charge in [0.1, 0.15) is 5.75 Å². The number of nitrogens with one attached hydrogen (secondary N) is 1. The Morgan fingerprint density at radius 2 is 1.75 bits per heavy atom. The van der Waals surface area contributed by atoms with E-state index in [0.29, 0.717) is 0 Å². The van der Waals surface area contributed by atoms with Crippen molar-refractivity contribution in [3.8, 4) is 5.75 Å². The Kier molecular flexibility index (Phi) is 5.09. The van der Waals surface area contributed by atoms with E-state index < -0.39 is 6.61 Å². The summed E-state index contributed by atoms with van der Waals surface area (Å²) in [4.78, 5) is 1.27. The maximum Gasteiger partial charge on any atom is 0.387 e. The highest BCUT2D eigenvalue weighted by Crippen LogP contribution is 2.24. The zero-order chi connectivity index (χ0) is 14.5. The van der Waals surface area contributed by atoms with Crippen molar-refractivity contribution >= 4 is 11.3 Å². The summed E-state index contributed by atoms with van der Waals surface area (Å²) in [5.41, 5.74) is 1.04. The molecule has 0 spiro atoms. The lowest BCUT2D eigenvalue weighted by Gasteiger charge is -2.19. The van der Waals surface area contributed by atoms with Crippen LogP contribution in [0.4, 0.5) is 8.78 Å². The number of hydrogen-bond acceptors (Lipinski definition) is 3. The Labute approximate surface area is 121 Å². The first-order valence-corrected chi connectivity index (χ1v) is 7.28. The second-order valence-corrected chi connectivity index (χ2v) is 5.55. The van der Waals surface area contributed by atoms with Gasteiger partial charge >= 0.3 is 6.61 Å². The second-order valence-electron chi connectivity index (χ2n) is 4.57. The summed E-state index contributed by atoms with van der Waals surface area (Å²) >= 11 is 1.71. The average molecular weight is 297 g/mol. The van der Waals surface area contributed by atoms with Gasteiger partial charge in [-0.3, -0.25) is 0 Å². The summed E-state index contributed by atoms with van der Waals surface area (Å²) in [6.45, 7) is 1.37. The molecular weight excluding hydrogens is 280 g/mol. The third kappa shape index (κ3) is 4.02. The number of alkyl halides is 2. The molecule has 0 aliphatic rings. The van der Waals surface area contributed by atoms with E-state index in [4.69, 9.17) is 0 Å². The van der Waals surface area contributed by atoms with Crippen LogP contribution < -0.4 is 10.1 Å². The summed E-state index contributed by atoms with van der Waals surface area (Å²) in [7, 11) is 0. The minimum absolute atomic E-state index is 0.132. The summed E-state index contributed by atoms with van der Waals surface area (Å²) in [6.07, 6.45) is 0. The van der Waals surface area contributed by atoms with Crippen LogP contribution >= 0.6 is 11.3 Å². The molecule has 1 aromatic carbocycles. The van der Waals surface area contributed by atoms with Gasteiger partial charge in [0, 0.05) is 17.0 Å². The van der Waals surface area contributed by atoms with Gasteiger partial charge in [-0.25, -0.2) is 0 Å². The quantitative estimate of drug-likeness (QED) is 0.830. The molecule has 5 heteroatoms. The van der Waals surface area contributed by atoms with Gasteiger partial charge in [-0.1, -0.05) is 18.2 Å². The van der Waals surface area contributed by atoms with Gasteiger partial charge in [0.05, 0.1) is 0 Å². The Hall–Kier alpha value is -1.46. The van der Waals surface area contributed by atoms with Crippen LogP contribution in [-0.2, 0) is 0 Å². The lowest BCUT2D eigenvalue weighted by Crippen LogP contribution is -2.21. The van der Waals surface area contributed by atoms with Gasteiger partial charge in [-0.2, -0.15) is 8.78 Å². The molecule has 0 saturated carbocycles. The predicted octanol–water partition coefficient (Wildman–Crippen LogP) is 4.76. The maximum absolute atomic E-state index is 12.1. The Bertz CT molecular complexity index is 513. The summed E-state index contributed by atoms with van der Waals surface area (Å²) in [5, 5.41) is 5.53. The predicted molar refractivity (Wildman–Crippen MR) is 77.4 cm³/mol. The summed E-state index contributed by atoms with van der Waals surface area (Å²) in [6, 6.07) is 11.2. The summed E-state index contributed by atoms with van der Waals surface area (Å²) in [5.74, 6) is 0.183. The van der Waals surface area contributed by atoms with Crippen LogP contribution in [-0.4, -0.2) is 6.61 Å². The van der Waals surface area contributed by atoms with Crippen molar-refractivity contribution in [3.05, 3.63) is 52.2 Å². The zero-order valence-electron chi connectivity index (χ0n) is 11.3. The van der Waals surface area contributed by atoms with Crippen LogP contribution in [0.5, 0.6) is 5.75 Å². The normalized spacial score (nSPS) is 14.2. The van der Waals surface area contributed by atoms with Crippen LogP contribution in [0.15, 0.2) is 41.8 Å². The van der Waals surface area contributed by atoms with E-state index in [1.807, 2.05) is 13.0 Å². The van der Waals surface area contributed by atoms with Crippen molar-refractivity contribution in [2.45, 2.75) is 32.5 Å². The third-order valence-corrected chi connectivity index (χ3v) is 4.13. The van der Waals surface area contributed by atoms with E-state index in [2.05, 4.69) is 28.4 Å². The van der Waals surface area contributed by atoms with Crippen LogP contribution in [0.3, 0.4) is 0 Å². The van der Waals surface area contributed by atoms with Gasteiger partial charge < -0.3 is 10.1 Å². The average Bonchev–Trinajstić information content (AvgIpc) is 2.92. The van der Waals surface area contributed by atoms with Crippen LogP contribution in [0.2, 0.25) is 0 Å². The fourth-order valence-electron chi connectivity index (χ4n) is 2.03. The van der Waals surface area contributed by atoms with Gasteiger partial charge in [-0.15, -0.1) is 11.3 Å². The Morgan fingerprint density at radius 3 is 2.30 bits per heavy atom. The van der Waals surface area contributed by atoms with Crippen molar-refractivity contribution in [1.29, 1.82) is 0 Å². The molecular formula is C15H17F2NOS. The largest absolute Gasteiger partial charge is 0.435 e. The molecule has 0 aliphatic heterocycles. The molecule has 0 radical (unpaired) electrons. The number of benzene rings is 1. The molecule has 1 N–H and O–H groups in total. The number of halogens is 2. The van der Waals surface area contributed by atoms with Crippen molar-refractivity contribution in [3.63, 3.8) is 0 Å². The number of thiophene rings is 1. The molecule has 0 fully saturated rings. The first kappa shape index (κ1) is 14.9. The van der Waals surface area contributed by atoms with E-state index in [-0.39, 0.29) is 17.8 Å². The highest BCUT2D eigenvalue weighted by molar-refractivity contribution is 7.10. The smallest absolute Gasteiger partial charge is 0.387 e. The Balaban J connectivity index is 1.97. The molecule has 0 amide bonds. The van der Waals surface area contributed by atoms with E-state index in [1.165, 1.54) is 4.88 Å². The lowest BCUT2D eigenvalue weighted by molar-refractivity contribution is -0.0498. The summed E-state index contributed by atoms with van der Waals surface area (Å²) < 4.78 is 28.5. The molecule has 2 rings (SSSR count). The van der Waals surface area contributed by atoms with E-state index >= 15 is 0 Å². The maximum atomic E-state index is 12.1. The minimum atomic E-state index is -2.78. The third-order valence-electron chi connectivity index (χ3n) is 3.08. The van der Waals surface area contributed by atoms with E-state index in [1.54, 1.807) is 35.6 Å². The van der Waals surface area contributed by atoms with Crippen molar-refractivity contribution in [2.75, 3.05) is 0 Å². The Morgan fingerprint density at radius 1 is 1.05 bits per heavy atom. The monoisotopic (exact) mass is 297 g/mol. The standard InChI is InChI=1S/C15H17F2NOS/c1-10(18-11(2)14-4-3-9-20-14)12-5-7-13(8-6-12)19-15(16)17/h3-11,15,18H,1-2H3/t10?,11-/m0/s1. The van der Waals surface area contributed by atoms with E-state index in [0.717, 1.165) is 5.56 Å². The van der Waals surface area contributed by atoms with Crippen molar-refractivity contribution in [2.24, 2.45) is 0 Å². The topological polar surface area (TPSA) is 21.3 Å². The molecule has 1 heterocycles. The van der Waals surface area contributed by atoms with E-state index in [9.17, 15) is 8.78 Å². The van der Waals surface area contributed by atoms with Gasteiger partial charge in [-0.05, 0) is 43.0 Å². The molecule has 1 aromatic heterocycles. The number of hydrogen-bond donors (Lipinski definition) is 1. The lowest BCUT2D eigenvalue weighted by atomic mass is 10.1. The molecule has 0 bridgehead atoms. The molecule has 2 aromatic rings. The molecule has 2 nitrogen and oxygen atoms in total. The highest BCUT2D eigenvalue weighted by Gasteiger charge is 2.12. The SMILES string of the molecule is CC(N[C@@H](C)c1cccs1)c1ccc(OC(F)F)cc1. The van der Waals surface area contributed by atoms with Crippen LogP contribution in [0, 0.1) is 0 Å². The van der Waals surface area contributed by atoms with Crippen molar-refractivity contribution in [1.82, 2.24) is 5.32 Å².